The summed E-state index contributed by atoms with van der Waals surface area (Å²) in [6, 6.07) is 0. The van der Waals surface area contributed by atoms with E-state index in [1.807, 2.05) is 23.3 Å². The van der Waals surface area contributed by atoms with Gasteiger partial charge in [-0.1, -0.05) is 26.2 Å². The van der Waals surface area contributed by atoms with Gasteiger partial charge in [0.2, 0.25) is 0 Å². The minimum atomic E-state index is -0.456. The molecule has 1 saturated carbocycles. The molecule has 0 atom stereocenters. The van der Waals surface area contributed by atoms with Crippen LogP contribution in [0.1, 0.15) is 55.3 Å². The maximum atomic E-state index is 11.8. The molecule has 0 spiro atoms. The van der Waals surface area contributed by atoms with Gasteiger partial charge in [-0.3, -0.25) is 0 Å². The molecule has 0 radical (unpaired) electrons. The van der Waals surface area contributed by atoms with Crippen molar-refractivity contribution >= 4 is 23.5 Å². The van der Waals surface area contributed by atoms with Crippen molar-refractivity contribution in [2.24, 2.45) is 0 Å². The van der Waals surface area contributed by atoms with E-state index in [1.165, 1.54) is 39.2 Å². The van der Waals surface area contributed by atoms with Crippen molar-refractivity contribution in [2.75, 3.05) is 19.1 Å². The van der Waals surface area contributed by atoms with Gasteiger partial charge >= 0.3 is 5.97 Å². The molecule has 1 fully saturated rings. The largest absolute Gasteiger partial charge is 0.464 e. The lowest BCUT2D eigenvalue weighted by Crippen LogP contribution is -2.34. The van der Waals surface area contributed by atoms with E-state index in [1.54, 1.807) is 0 Å². The standard InChI is InChI=1S/C15H25N3O2S/c1-4-11-17-12(14(19)20-2)13(16)18(11)10-15(21-3)8-6-5-7-9-15/h4-10,16H2,1-3H3. The van der Waals surface area contributed by atoms with Gasteiger partial charge < -0.3 is 15.0 Å². The predicted octanol–water partition coefficient (Wildman–Crippen LogP) is 2.88. The molecule has 1 aliphatic carbocycles. The summed E-state index contributed by atoms with van der Waals surface area (Å²) in [5, 5.41) is 0. The fourth-order valence-electron chi connectivity index (χ4n) is 3.12. The fraction of sp³-hybridized carbons (Fsp3) is 0.733. The average molecular weight is 311 g/mol. The van der Waals surface area contributed by atoms with Crippen LogP contribution >= 0.6 is 11.8 Å². The summed E-state index contributed by atoms with van der Waals surface area (Å²) in [7, 11) is 1.36. The second kappa shape index (κ2) is 6.73. The van der Waals surface area contributed by atoms with E-state index in [4.69, 9.17) is 10.5 Å². The zero-order valence-corrected chi connectivity index (χ0v) is 14.0. The molecule has 1 aromatic rings. The van der Waals surface area contributed by atoms with Gasteiger partial charge in [-0.05, 0) is 19.1 Å². The molecular weight excluding hydrogens is 286 g/mol. The number of aromatic nitrogens is 2. The van der Waals surface area contributed by atoms with Crippen LogP contribution in [-0.2, 0) is 17.7 Å². The fourth-order valence-corrected chi connectivity index (χ4v) is 4.07. The molecule has 2 N–H and O–H groups in total. The number of rotatable bonds is 5. The lowest BCUT2D eigenvalue weighted by Gasteiger charge is -2.36. The molecule has 118 valence electrons. The van der Waals surface area contributed by atoms with Crippen LogP contribution in [0, 0.1) is 0 Å². The van der Waals surface area contributed by atoms with Gasteiger partial charge in [-0.25, -0.2) is 9.78 Å². The van der Waals surface area contributed by atoms with Gasteiger partial charge in [0.25, 0.3) is 0 Å². The van der Waals surface area contributed by atoms with Crippen LogP contribution in [0.3, 0.4) is 0 Å². The number of imidazole rings is 1. The molecule has 2 rings (SSSR count). The Morgan fingerprint density at radius 3 is 2.62 bits per heavy atom. The Morgan fingerprint density at radius 1 is 1.43 bits per heavy atom. The van der Waals surface area contributed by atoms with Gasteiger partial charge in [0.05, 0.1) is 7.11 Å². The quantitative estimate of drug-likeness (QED) is 0.847. The van der Waals surface area contributed by atoms with Crippen LogP contribution in [0.25, 0.3) is 0 Å². The van der Waals surface area contributed by atoms with E-state index in [2.05, 4.69) is 11.2 Å². The monoisotopic (exact) mass is 311 g/mol. The Labute approximate surface area is 130 Å². The first kappa shape index (κ1) is 16.2. The number of ether oxygens (including phenoxy) is 1. The molecule has 6 heteroatoms. The van der Waals surface area contributed by atoms with Crippen molar-refractivity contribution in [1.82, 2.24) is 9.55 Å². The van der Waals surface area contributed by atoms with Crippen LogP contribution in [0.5, 0.6) is 0 Å². The molecule has 0 unspecified atom stereocenters. The Balaban J connectivity index is 2.34. The van der Waals surface area contributed by atoms with Crippen LogP contribution in [0.15, 0.2) is 0 Å². The Kier molecular flexibility index (Phi) is 5.19. The molecule has 21 heavy (non-hydrogen) atoms. The molecule has 1 heterocycles. The first-order chi connectivity index (χ1) is 10.1. The summed E-state index contributed by atoms with van der Waals surface area (Å²) in [5.41, 5.74) is 6.43. The number of hydrogen-bond donors (Lipinski definition) is 1. The normalized spacial score (nSPS) is 17.7. The summed E-state index contributed by atoms with van der Waals surface area (Å²) in [5.74, 6) is 0.854. The van der Waals surface area contributed by atoms with Crippen LogP contribution < -0.4 is 5.73 Å². The third-order valence-electron chi connectivity index (χ3n) is 4.42. The van der Waals surface area contributed by atoms with E-state index >= 15 is 0 Å². The van der Waals surface area contributed by atoms with Gasteiger partial charge in [-0.15, -0.1) is 0 Å². The van der Waals surface area contributed by atoms with Crippen LogP contribution in [0.4, 0.5) is 5.82 Å². The van der Waals surface area contributed by atoms with Gasteiger partial charge in [0.15, 0.2) is 5.69 Å². The molecule has 1 aromatic heterocycles. The highest BCUT2D eigenvalue weighted by atomic mass is 32.2. The summed E-state index contributed by atoms with van der Waals surface area (Å²) in [6.45, 7) is 2.86. The van der Waals surface area contributed by atoms with Crippen LogP contribution in [0.2, 0.25) is 0 Å². The Bertz CT molecular complexity index is 507. The molecule has 0 saturated heterocycles. The summed E-state index contributed by atoms with van der Waals surface area (Å²) in [6.07, 6.45) is 9.17. The number of hydrogen-bond acceptors (Lipinski definition) is 5. The SMILES string of the molecule is CCc1nc(C(=O)OC)c(N)n1CC1(SC)CCCCC1. The summed E-state index contributed by atoms with van der Waals surface area (Å²) >= 11 is 1.92. The van der Waals surface area contributed by atoms with Gasteiger partial charge in [0, 0.05) is 17.7 Å². The third kappa shape index (κ3) is 3.20. The number of thioether (sulfide) groups is 1. The summed E-state index contributed by atoms with van der Waals surface area (Å²) < 4.78 is 7.01. The van der Waals surface area contributed by atoms with Gasteiger partial charge in [-0.2, -0.15) is 11.8 Å². The number of aryl methyl sites for hydroxylation is 1. The zero-order chi connectivity index (χ0) is 15.5. The van der Waals surface area contributed by atoms with Crippen molar-refractivity contribution in [3.63, 3.8) is 0 Å². The number of esters is 1. The number of methoxy groups -OCH3 is 1. The van der Waals surface area contributed by atoms with Crippen molar-refractivity contribution in [3.05, 3.63) is 11.5 Å². The predicted molar refractivity (Wildman–Crippen MR) is 86.7 cm³/mol. The smallest absolute Gasteiger partial charge is 0.360 e. The lowest BCUT2D eigenvalue weighted by atomic mass is 9.88. The van der Waals surface area contributed by atoms with Crippen molar-refractivity contribution in [3.8, 4) is 0 Å². The van der Waals surface area contributed by atoms with E-state index in [0.717, 1.165) is 18.8 Å². The third-order valence-corrected chi connectivity index (χ3v) is 5.83. The molecule has 1 aliphatic rings. The van der Waals surface area contributed by atoms with E-state index in [0.29, 0.717) is 5.82 Å². The summed E-state index contributed by atoms with van der Waals surface area (Å²) in [4.78, 5) is 16.2. The minimum Gasteiger partial charge on any atom is -0.464 e. The lowest BCUT2D eigenvalue weighted by molar-refractivity contribution is 0.0595. The number of nitrogens with two attached hydrogens (primary N) is 1. The Morgan fingerprint density at radius 2 is 2.10 bits per heavy atom. The molecular formula is C15H25N3O2S. The topological polar surface area (TPSA) is 70.1 Å². The maximum absolute atomic E-state index is 11.8. The highest BCUT2D eigenvalue weighted by molar-refractivity contribution is 8.00. The van der Waals surface area contributed by atoms with Gasteiger partial charge in [0.1, 0.15) is 11.6 Å². The molecule has 0 aromatic carbocycles. The zero-order valence-electron chi connectivity index (χ0n) is 13.1. The second-order valence-electron chi connectivity index (χ2n) is 5.64. The van der Waals surface area contributed by atoms with E-state index < -0.39 is 5.97 Å². The second-order valence-corrected chi connectivity index (χ2v) is 6.92. The first-order valence-corrected chi connectivity index (χ1v) is 8.77. The average Bonchev–Trinajstić information content (AvgIpc) is 2.84. The van der Waals surface area contributed by atoms with Crippen LogP contribution in [-0.4, -0.2) is 33.6 Å². The molecule has 0 aliphatic heterocycles. The van der Waals surface area contributed by atoms with Crippen molar-refractivity contribution < 1.29 is 9.53 Å². The number of nitrogen functional groups attached to an aromatic ring is 1. The molecule has 0 amide bonds. The Hall–Kier alpha value is -1.17. The number of nitrogens with zero attached hydrogens (tertiary/aromatic N) is 2. The highest BCUT2D eigenvalue weighted by Gasteiger charge is 2.33. The van der Waals surface area contributed by atoms with E-state index in [9.17, 15) is 4.79 Å². The van der Waals surface area contributed by atoms with Crippen molar-refractivity contribution in [2.45, 2.75) is 56.7 Å². The number of anilines is 1. The number of carbonyl (C=O) groups is 1. The maximum Gasteiger partial charge on any atom is 0.360 e. The molecule has 0 bridgehead atoms. The highest BCUT2D eigenvalue weighted by Crippen LogP contribution is 2.40. The minimum absolute atomic E-state index is 0.213. The van der Waals surface area contributed by atoms with Crippen molar-refractivity contribution in [1.29, 1.82) is 0 Å². The first-order valence-electron chi connectivity index (χ1n) is 7.55. The molecule has 5 nitrogen and oxygen atoms in total. The van der Waals surface area contributed by atoms with E-state index in [-0.39, 0.29) is 10.4 Å². The number of carbonyl (C=O) groups excluding carboxylic acids is 1.